The highest BCUT2D eigenvalue weighted by Crippen LogP contribution is 2.25. The van der Waals surface area contributed by atoms with Gasteiger partial charge in [0.1, 0.15) is 0 Å². The smallest absolute Gasteiger partial charge is 0.225 e. The molecule has 0 radical (unpaired) electrons. The number of carbonyl (C=O) groups excluding carboxylic acids is 1. The zero-order chi connectivity index (χ0) is 13.8. The Bertz CT molecular complexity index is 428. The van der Waals surface area contributed by atoms with E-state index in [0.717, 1.165) is 44.7 Å². The standard InChI is InChI=1S/C14H22N4O2/c19-14(8-12-9-15-5-7-20-12)18-6-1-2-11(10-18)13-3-4-16-17-13/h3-4,11-12,15H,1-2,5-10H2,(H,16,17). The normalized spacial score (nSPS) is 27.5. The van der Waals surface area contributed by atoms with Crippen LogP contribution in [0.15, 0.2) is 12.3 Å². The molecule has 2 fully saturated rings. The fourth-order valence-corrected chi connectivity index (χ4v) is 3.03. The van der Waals surface area contributed by atoms with E-state index in [-0.39, 0.29) is 12.0 Å². The maximum atomic E-state index is 12.4. The number of rotatable bonds is 3. The lowest BCUT2D eigenvalue weighted by Gasteiger charge is -2.33. The van der Waals surface area contributed by atoms with Crippen LogP contribution in [0.3, 0.4) is 0 Å². The third-order valence-corrected chi connectivity index (χ3v) is 4.14. The van der Waals surface area contributed by atoms with Crippen molar-refractivity contribution in [3.05, 3.63) is 18.0 Å². The summed E-state index contributed by atoms with van der Waals surface area (Å²) < 4.78 is 5.61. The highest BCUT2D eigenvalue weighted by Gasteiger charge is 2.27. The van der Waals surface area contributed by atoms with E-state index < -0.39 is 0 Å². The molecule has 2 aliphatic heterocycles. The summed E-state index contributed by atoms with van der Waals surface area (Å²) in [7, 11) is 0. The third kappa shape index (κ3) is 3.19. The predicted octanol–water partition coefficient (Wildman–Crippen LogP) is 0.494. The van der Waals surface area contributed by atoms with Crippen LogP contribution >= 0.6 is 0 Å². The lowest BCUT2D eigenvalue weighted by atomic mass is 9.94. The van der Waals surface area contributed by atoms with Crippen LogP contribution in [0.4, 0.5) is 0 Å². The molecule has 20 heavy (non-hydrogen) atoms. The zero-order valence-electron chi connectivity index (χ0n) is 11.7. The number of hydrogen-bond donors (Lipinski definition) is 2. The van der Waals surface area contributed by atoms with Gasteiger partial charge in [-0.3, -0.25) is 9.89 Å². The molecule has 0 spiro atoms. The molecule has 0 bridgehead atoms. The van der Waals surface area contributed by atoms with E-state index in [4.69, 9.17) is 4.74 Å². The van der Waals surface area contributed by atoms with Gasteiger partial charge in [0.25, 0.3) is 0 Å². The van der Waals surface area contributed by atoms with E-state index in [2.05, 4.69) is 15.5 Å². The van der Waals surface area contributed by atoms with Gasteiger partial charge in [-0.1, -0.05) is 0 Å². The minimum atomic E-state index is 0.0313. The zero-order valence-corrected chi connectivity index (χ0v) is 11.7. The van der Waals surface area contributed by atoms with Crippen molar-refractivity contribution in [1.29, 1.82) is 0 Å². The number of aromatic amines is 1. The number of nitrogens with zero attached hydrogens (tertiary/aromatic N) is 2. The molecule has 2 saturated heterocycles. The Hall–Kier alpha value is -1.40. The van der Waals surface area contributed by atoms with E-state index in [1.54, 1.807) is 6.20 Å². The first-order chi connectivity index (χ1) is 9.83. The number of H-pyrrole nitrogens is 1. The largest absolute Gasteiger partial charge is 0.375 e. The summed E-state index contributed by atoms with van der Waals surface area (Å²) in [5.41, 5.74) is 1.14. The number of likely N-dealkylation sites (tertiary alicyclic amines) is 1. The summed E-state index contributed by atoms with van der Waals surface area (Å²) in [4.78, 5) is 14.4. The van der Waals surface area contributed by atoms with Gasteiger partial charge in [-0.05, 0) is 18.9 Å². The molecule has 0 aliphatic carbocycles. The van der Waals surface area contributed by atoms with Crippen LogP contribution in [0.5, 0.6) is 0 Å². The maximum absolute atomic E-state index is 12.4. The number of hydrogen-bond acceptors (Lipinski definition) is 4. The summed E-state index contributed by atoms with van der Waals surface area (Å²) >= 11 is 0. The first-order valence-electron chi connectivity index (χ1n) is 7.42. The molecular weight excluding hydrogens is 256 g/mol. The van der Waals surface area contributed by atoms with Crippen molar-refractivity contribution in [2.24, 2.45) is 0 Å². The van der Waals surface area contributed by atoms with Crippen molar-refractivity contribution in [3.8, 4) is 0 Å². The second kappa shape index (κ2) is 6.37. The summed E-state index contributed by atoms with van der Waals surface area (Å²) in [5, 5.41) is 10.3. The van der Waals surface area contributed by atoms with Crippen LogP contribution in [0.1, 0.15) is 30.9 Å². The number of amides is 1. The van der Waals surface area contributed by atoms with Gasteiger partial charge in [0.2, 0.25) is 5.91 Å². The van der Waals surface area contributed by atoms with Crippen LogP contribution in [-0.4, -0.2) is 59.9 Å². The molecular formula is C14H22N4O2. The molecule has 1 aromatic heterocycles. The molecule has 1 amide bonds. The minimum Gasteiger partial charge on any atom is -0.375 e. The summed E-state index contributed by atoms with van der Waals surface area (Å²) in [6.45, 7) is 4.03. The van der Waals surface area contributed by atoms with E-state index in [0.29, 0.717) is 18.9 Å². The number of carbonyl (C=O) groups is 1. The Balaban J connectivity index is 1.54. The predicted molar refractivity (Wildman–Crippen MR) is 74.4 cm³/mol. The first kappa shape index (κ1) is 13.6. The van der Waals surface area contributed by atoms with E-state index in [1.807, 2.05) is 11.0 Å². The van der Waals surface area contributed by atoms with Crippen molar-refractivity contribution in [2.45, 2.75) is 31.3 Å². The van der Waals surface area contributed by atoms with Crippen LogP contribution in [-0.2, 0) is 9.53 Å². The lowest BCUT2D eigenvalue weighted by molar-refractivity contribution is -0.136. The topological polar surface area (TPSA) is 70.2 Å². The van der Waals surface area contributed by atoms with Crippen LogP contribution < -0.4 is 5.32 Å². The van der Waals surface area contributed by atoms with Crippen LogP contribution in [0, 0.1) is 0 Å². The van der Waals surface area contributed by atoms with Crippen molar-refractivity contribution >= 4 is 5.91 Å². The van der Waals surface area contributed by atoms with E-state index in [9.17, 15) is 4.79 Å². The van der Waals surface area contributed by atoms with Crippen molar-refractivity contribution in [3.63, 3.8) is 0 Å². The van der Waals surface area contributed by atoms with Crippen LogP contribution in [0.25, 0.3) is 0 Å². The molecule has 2 N–H and O–H groups in total. The number of ether oxygens (including phenoxy) is 1. The average Bonchev–Trinajstić information content (AvgIpc) is 3.03. The molecule has 3 heterocycles. The summed E-state index contributed by atoms with van der Waals surface area (Å²) in [6, 6.07) is 2.01. The van der Waals surface area contributed by atoms with E-state index >= 15 is 0 Å². The van der Waals surface area contributed by atoms with Gasteiger partial charge >= 0.3 is 0 Å². The fraction of sp³-hybridized carbons (Fsp3) is 0.714. The Labute approximate surface area is 118 Å². The molecule has 2 unspecified atom stereocenters. The van der Waals surface area contributed by atoms with Crippen molar-refractivity contribution in [1.82, 2.24) is 20.4 Å². The second-order valence-electron chi connectivity index (χ2n) is 5.59. The minimum absolute atomic E-state index is 0.0313. The number of piperidine rings is 1. The molecule has 110 valence electrons. The molecule has 1 aromatic rings. The Morgan fingerprint density at radius 1 is 1.55 bits per heavy atom. The Morgan fingerprint density at radius 3 is 3.25 bits per heavy atom. The monoisotopic (exact) mass is 278 g/mol. The van der Waals surface area contributed by atoms with Crippen molar-refractivity contribution < 1.29 is 9.53 Å². The maximum Gasteiger partial charge on any atom is 0.225 e. The quantitative estimate of drug-likeness (QED) is 0.844. The fourth-order valence-electron chi connectivity index (χ4n) is 3.03. The number of nitrogens with one attached hydrogen (secondary N) is 2. The van der Waals surface area contributed by atoms with Gasteiger partial charge in [0, 0.05) is 44.0 Å². The Kier molecular flexibility index (Phi) is 4.32. The lowest BCUT2D eigenvalue weighted by Crippen LogP contribution is -2.44. The highest BCUT2D eigenvalue weighted by atomic mass is 16.5. The average molecular weight is 278 g/mol. The first-order valence-corrected chi connectivity index (χ1v) is 7.42. The summed E-state index contributed by atoms with van der Waals surface area (Å²) in [5.74, 6) is 0.600. The molecule has 2 atom stereocenters. The molecule has 2 aliphatic rings. The van der Waals surface area contributed by atoms with Gasteiger partial charge < -0.3 is 15.0 Å². The number of morpholine rings is 1. The SMILES string of the molecule is O=C(CC1CNCCO1)N1CCCC(c2ccn[nH]2)C1. The van der Waals surface area contributed by atoms with Gasteiger partial charge in [-0.2, -0.15) is 5.10 Å². The van der Waals surface area contributed by atoms with Gasteiger partial charge in [0.05, 0.1) is 19.1 Å². The Morgan fingerprint density at radius 2 is 2.50 bits per heavy atom. The molecule has 6 nitrogen and oxygen atoms in total. The molecule has 0 saturated carbocycles. The second-order valence-corrected chi connectivity index (χ2v) is 5.59. The van der Waals surface area contributed by atoms with Crippen molar-refractivity contribution in [2.75, 3.05) is 32.8 Å². The highest BCUT2D eigenvalue weighted by molar-refractivity contribution is 5.77. The molecule has 6 heteroatoms. The summed E-state index contributed by atoms with van der Waals surface area (Å²) in [6.07, 6.45) is 4.47. The molecule has 3 rings (SSSR count). The third-order valence-electron chi connectivity index (χ3n) is 4.14. The van der Waals surface area contributed by atoms with Crippen LogP contribution in [0.2, 0.25) is 0 Å². The van der Waals surface area contributed by atoms with Gasteiger partial charge in [-0.15, -0.1) is 0 Å². The molecule has 0 aromatic carbocycles. The van der Waals surface area contributed by atoms with E-state index in [1.165, 1.54) is 0 Å². The number of aromatic nitrogens is 2. The van der Waals surface area contributed by atoms with Gasteiger partial charge in [-0.25, -0.2) is 0 Å². The van der Waals surface area contributed by atoms with Gasteiger partial charge in [0.15, 0.2) is 0 Å².